The van der Waals surface area contributed by atoms with Crippen LogP contribution in [-0.4, -0.2) is 31.6 Å². The van der Waals surface area contributed by atoms with E-state index in [4.69, 9.17) is 0 Å². The summed E-state index contributed by atoms with van der Waals surface area (Å²) in [7, 11) is 2.16. The smallest absolute Gasteiger partial charge is 0.0231 e. The maximum absolute atomic E-state index is 3.54. The Morgan fingerprint density at radius 2 is 2.06 bits per heavy atom. The van der Waals surface area contributed by atoms with Crippen LogP contribution in [0.4, 0.5) is 0 Å². The second-order valence-corrected chi connectivity index (χ2v) is 5.14. The highest BCUT2D eigenvalue weighted by Crippen LogP contribution is 2.16. The van der Waals surface area contributed by atoms with Crippen LogP contribution in [0.15, 0.2) is 22.7 Å². The van der Waals surface area contributed by atoms with E-state index >= 15 is 0 Å². The van der Waals surface area contributed by atoms with E-state index in [1.165, 1.54) is 15.6 Å². The average Bonchev–Trinajstić information content (AvgIpc) is 2.16. The van der Waals surface area contributed by atoms with Gasteiger partial charge in [-0.2, -0.15) is 0 Å². The van der Waals surface area contributed by atoms with Crippen LogP contribution in [-0.2, 0) is 6.54 Å². The highest BCUT2D eigenvalue weighted by molar-refractivity contribution is 9.10. The van der Waals surface area contributed by atoms with Crippen LogP contribution in [0.1, 0.15) is 18.1 Å². The largest absolute Gasteiger partial charge is 0.316 e. The molecule has 1 aromatic carbocycles. The summed E-state index contributed by atoms with van der Waals surface area (Å²) in [6.07, 6.45) is 0. The van der Waals surface area contributed by atoms with Gasteiger partial charge in [0, 0.05) is 24.1 Å². The molecule has 0 saturated carbocycles. The second-order valence-electron chi connectivity index (χ2n) is 4.23. The molecule has 0 aliphatic heterocycles. The first-order chi connectivity index (χ1) is 7.61. The van der Waals surface area contributed by atoms with E-state index in [9.17, 15) is 0 Å². The zero-order valence-corrected chi connectivity index (χ0v) is 12.0. The molecule has 1 N–H and O–H groups in total. The Bertz CT molecular complexity index is 305. The van der Waals surface area contributed by atoms with E-state index in [1.807, 2.05) is 0 Å². The molecule has 90 valence electrons. The van der Waals surface area contributed by atoms with Gasteiger partial charge in [-0.15, -0.1) is 0 Å². The molecule has 0 aliphatic carbocycles. The lowest BCUT2D eigenvalue weighted by molar-refractivity contribution is 0.325. The number of hydrogen-bond acceptors (Lipinski definition) is 2. The van der Waals surface area contributed by atoms with Crippen molar-refractivity contribution in [3.8, 4) is 0 Å². The van der Waals surface area contributed by atoms with Crippen molar-refractivity contribution in [3.63, 3.8) is 0 Å². The predicted octanol–water partition coefficient (Wildman–Crippen LogP) is 2.80. The van der Waals surface area contributed by atoms with Gasteiger partial charge in [0.1, 0.15) is 0 Å². The molecule has 0 unspecified atom stereocenters. The Kier molecular flexibility index (Phi) is 6.03. The SMILES string of the molecule is CCNCCN(C)Cc1cc(C)cc(Br)c1. The lowest BCUT2D eigenvalue weighted by Crippen LogP contribution is -2.28. The number of halogens is 1. The predicted molar refractivity (Wildman–Crippen MR) is 73.8 cm³/mol. The molecule has 0 saturated heterocycles. The van der Waals surface area contributed by atoms with Crippen molar-refractivity contribution in [1.82, 2.24) is 10.2 Å². The van der Waals surface area contributed by atoms with E-state index in [-0.39, 0.29) is 0 Å². The van der Waals surface area contributed by atoms with Crippen molar-refractivity contribution in [2.24, 2.45) is 0 Å². The van der Waals surface area contributed by atoms with Gasteiger partial charge >= 0.3 is 0 Å². The summed E-state index contributed by atoms with van der Waals surface area (Å²) >= 11 is 3.54. The standard InChI is InChI=1S/C13H21BrN2/c1-4-15-5-6-16(3)10-12-7-11(2)8-13(14)9-12/h7-9,15H,4-6,10H2,1-3H3. The van der Waals surface area contributed by atoms with Crippen molar-refractivity contribution in [2.75, 3.05) is 26.7 Å². The van der Waals surface area contributed by atoms with Gasteiger partial charge in [-0.05, 0) is 43.8 Å². The van der Waals surface area contributed by atoms with Gasteiger partial charge in [0.15, 0.2) is 0 Å². The van der Waals surface area contributed by atoms with E-state index in [2.05, 4.69) is 65.2 Å². The number of hydrogen-bond donors (Lipinski definition) is 1. The molecular weight excluding hydrogens is 264 g/mol. The molecule has 0 atom stereocenters. The second kappa shape index (κ2) is 7.05. The van der Waals surface area contributed by atoms with Gasteiger partial charge in [0.2, 0.25) is 0 Å². The molecule has 0 radical (unpaired) electrons. The van der Waals surface area contributed by atoms with Crippen molar-refractivity contribution in [2.45, 2.75) is 20.4 Å². The van der Waals surface area contributed by atoms with E-state index in [0.717, 1.165) is 26.2 Å². The van der Waals surface area contributed by atoms with Crippen LogP contribution in [0.5, 0.6) is 0 Å². The van der Waals surface area contributed by atoms with Crippen molar-refractivity contribution >= 4 is 15.9 Å². The number of benzene rings is 1. The minimum atomic E-state index is 1.01. The summed E-state index contributed by atoms with van der Waals surface area (Å²) in [6.45, 7) is 8.46. The Hall–Kier alpha value is -0.380. The van der Waals surface area contributed by atoms with Crippen LogP contribution in [0.25, 0.3) is 0 Å². The van der Waals surface area contributed by atoms with Gasteiger partial charge < -0.3 is 10.2 Å². The topological polar surface area (TPSA) is 15.3 Å². The lowest BCUT2D eigenvalue weighted by Gasteiger charge is -2.17. The molecule has 0 spiro atoms. The monoisotopic (exact) mass is 284 g/mol. The third kappa shape index (κ3) is 5.10. The molecule has 3 heteroatoms. The van der Waals surface area contributed by atoms with Gasteiger partial charge in [-0.3, -0.25) is 0 Å². The molecule has 0 amide bonds. The highest BCUT2D eigenvalue weighted by atomic mass is 79.9. The summed E-state index contributed by atoms with van der Waals surface area (Å²) < 4.78 is 1.17. The van der Waals surface area contributed by atoms with Gasteiger partial charge in [-0.25, -0.2) is 0 Å². The fraction of sp³-hybridized carbons (Fsp3) is 0.538. The first-order valence-corrected chi connectivity index (χ1v) is 6.56. The first kappa shape index (κ1) is 13.7. The molecule has 0 heterocycles. The number of likely N-dealkylation sites (N-methyl/N-ethyl adjacent to an activating group) is 2. The van der Waals surface area contributed by atoms with Gasteiger partial charge in [0.05, 0.1) is 0 Å². The van der Waals surface area contributed by atoms with Gasteiger partial charge in [0.25, 0.3) is 0 Å². The van der Waals surface area contributed by atoms with Crippen molar-refractivity contribution < 1.29 is 0 Å². The zero-order valence-electron chi connectivity index (χ0n) is 10.4. The number of nitrogens with one attached hydrogen (secondary N) is 1. The molecule has 2 nitrogen and oxygen atoms in total. The minimum Gasteiger partial charge on any atom is -0.316 e. The number of aryl methyl sites for hydroxylation is 1. The Balaban J connectivity index is 2.45. The van der Waals surface area contributed by atoms with E-state index < -0.39 is 0 Å². The van der Waals surface area contributed by atoms with Crippen LogP contribution < -0.4 is 5.32 Å². The Morgan fingerprint density at radius 3 is 2.69 bits per heavy atom. The minimum absolute atomic E-state index is 1.01. The summed E-state index contributed by atoms with van der Waals surface area (Å²) in [5.41, 5.74) is 2.68. The maximum atomic E-state index is 3.54. The fourth-order valence-corrected chi connectivity index (χ4v) is 2.40. The summed E-state index contributed by atoms with van der Waals surface area (Å²) in [6, 6.07) is 6.58. The van der Waals surface area contributed by atoms with Crippen LogP contribution in [0.2, 0.25) is 0 Å². The normalized spacial score (nSPS) is 11.1. The molecule has 1 aromatic rings. The third-order valence-corrected chi connectivity index (χ3v) is 2.93. The quantitative estimate of drug-likeness (QED) is 0.809. The Labute approximate surface area is 107 Å². The Morgan fingerprint density at radius 1 is 1.31 bits per heavy atom. The molecular formula is C13H21BrN2. The van der Waals surface area contributed by atoms with Crippen LogP contribution >= 0.6 is 15.9 Å². The zero-order chi connectivity index (χ0) is 12.0. The fourth-order valence-electron chi connectivity index (χ4n) is 1.74. The van der Waals surface area contributed by atoms with Crippen LogP contribution in [0.3, 0.4) is 0 Å². The van der Waals surface area contributed by atoms with Crippen molar-refractivity contribution in [3.05, 3.63) is 33.8 Å². The molecule has 1 rings (SSSR count). The molecule has 0 aliphatic rings. The number of rotatable bonds is 6. The first-order valence-electron chi connectivity index (χ1n) is 5.77. The number of nitrogens with zero attached hydrogens (tertiary/aromatic N) is 1. The lowest BCUT2D eigenvalue weighted by atomic mass is 10.1. The summed E-state index contributed by atoms with van der Waals surface area (Å²) in [4.78, 5) is 2.34. The molecule has 0 aromatic heterocycles. The summed E-state index contributed by atoms with van der Waals surface area (Å²) in [5.74, 6) is 0. The molecule has 16 heavy (non-hydrogen) atoms. The molecule has 0 fully saturated rings. The average molecular weight is 285 g/mol. The summed E-state index contributed by atoms with van der Waals surface area (Å²) in [5, 5.41) is 3.34. The van der Waals surface area contributed by atoms with E-state index in [1.54, 1.807) is 0 Å². The van der Waals surface area contributed by atoms with Crippen LogP contribution in [0, 0.1) is 6.92 Å². The maximum Gasteiger partial charge on any atom is 0.0231 e. The highest BCUT2D eigenvalue weighted by Gasteiger charge is 2.01. The van der Waals surface area contributed by atoms with Crippen molar-refractivity contribution in [1.29, 1.82) is 0 Å². The van der Waals surface area contributed by atoms with Gasteiger partial charge in [-0.1, -0.05) is 28.9 Å². The third-order valence-electron chi connectivity index (χ3n) is 2.47. The van der Waals surface area contributed by atoms with E-state index in [0.29, 0.717) is 0 Å². The molecule has 0 bridgehead atoms.